The molecular formula is C21H22ClF2N3. The molecule has 0 aliphatic carbocycles. The van der Waals surface area contributed by atoms with Crippen LogP contribution in [-0.4, -0.2) is 12.5 Å². The van der Waals surface area contributed by atoms with Crippen LogP contribution in [0.15, 0.2) is 59.6 Å². The Morgan fingerprint density at radius 1 is 1.15 bits per heavy atom. The van der Waals surface area contributed by atoms with Crippen molar-refractivity contribution in [2.45, 2.75) is 19.4 Å². The molecule has 142 valence electrons. The smallest absolute Gasteiger partial charge is 0.196 e. The van der Waals surface area contributed by atoms with Gasteiger partial charge in [-0.3, -0.25) is 0 Å². The van der Waals surface area contributed by atoms with Gasteiger partial charge in [-0.1, -0.05) is 43.3 Å². The minimum atomic E-state index is -0.872. The van der Waals surface area contributed by atoms with Crippen LogP contribution >= 0.6 is 12.4 Å². The number of aliphatic imine (C=N–C) groups is 1. The molecule has 3 aromatic carbocycles. The molecule has 6 heteroatoms. The molecule has 2 N–H and O–H groups in total. The van der Waals surface area contributed by atoms with Crippen molar-refractivity contribution < 1.29 is 10.2 Å². The summed E-state index contributed by atoms with van der Waals surface area (Å²) in [7, 11) is 0. The van der Waals surface area contributed by atoms with Crippen LogP contribution < -0.4 is 10.6 Å². The van der Waals surface area contributed by atoms with Gasteiger partial charge in [-0.05, 0) is 40.1 Å². The largest absolute Gasteiger partial charge is 0.370 e. The van der Waals surface area contributed by atoms with E-state index in [1.54, 1.807) is 0 Å². The maximum absolute atomic E-state index is 13.3. The van der Waals surface area contributed by atoms with E-state index >= 15 is 0 Å². The summed E-state index contributed by atoms with van der Waals surface area (Å²) in [6.07, 6.45) is 0. The van der Waals surface area contributed by atoms with Crippen LogP contribution in [0.25, 0.3) is 10.8 Å². The molecule has 1 atom stereocenters. The fourth-order valence-electron chi connectivity index (χ4n) is 3.61. The number of halogens is 3. The normalized spacial score (nSPS) is 16.3. The van der Waals surface area contributed by atoms with E-state index < -0.39 is 11.6 Å². The Hall–Kier alpha value is -2.66. The van der Waals surface area contributed by atoms with Gasteiger partial charge in [0.15, 0.2) is 17.6 Å². The van der Waals surface area contributed by atoms with Crippen LogP contribution in [0.1, 0.15) is 25.4 Å². The van der Waals surface area contributed by atoms with Gasteiger partial charge in [-0.25, -0.2) is 13.8 Å². The van der Waals surface area contributed by atoms with Crippen LogP contribution in [0.3, 0.4) is 0 Å². The van der Waals surface area contributed by atoms with Crippen LogP contribution in [-0.2, 0) is 6.54 Å². The Morgan fingerprint density at radius 3 is 2.70 bits per heavy atom. The quantitative estimate of drug-likeness (QED) is 0.482. The molecule has 1 heterocycles. The second kappa shape index (κ2) is 7.53. The topological polar surface area (TPSA) is 41.6 Å². The van der Waals surface area contributed by atoms with Crippen LogP contribution in [0.5, 0.6) is 0 Å². The number of rotatable bonds is 2. The second-order valence-corrected chi connectivity index (χ2v) is 6.65. The van der Waals surface area contributed by atoms with E-state index in [9.17, 15) is 8.78 Å². The zero-order valence-electron chi connectivity index (χ0n) is 14.8. The van der Waals surface area contributed by atoms with Gasteiger partial charge in [0, 0.05) is 19.6 Å². The third-order valence-electron chi connectivity index (χ3n) is 4.87. The molecule has 0 aromatic heterocycles. The number of nitrogens with two attached hydrogens (primary N) is 1. The van der Waals surface area contributed by atoms with Crippen molar-refractivity contribution in [3.8, 4) is 0 Å². The lowest BCUT2D eigenvalue weighted by molar-refractivity contribution is 0.507. The molecule has 1 unspecified atom stereocenters. The Morgan fingerprint density at radius 2 is 1.93 bits per heavy atom. The predicted molar refractivity (Wildman–Crippen MR) is 111 cm³/mol. The first-order valence-corrected chi connectivity index (χ1v) is 8.57. The Kier molecular flexibility index (Phi) is 5.33. The molecular weight excluding hydrogens is 368 g/mol. The standard InChI is InChI=1S/C21H19F2N3.ClH.H2/c1-13-12-26(19-9-7-15-4-2-3-5-16(15)20(13)19)21(24)25-11-14-6-8-17(22)18(23)10-14;;/h2-10,13H,11-12H2,1H3,(H2,24,25);2*1H. The van der Waals surface area contributed by atoms with Crippen molar-refractivity contribution in [1.82, 2.24) is 0 Å². The monoisotopic (exact) mass is 389 g/mol. The van der Waals surface area contributed by atoms with E-state index in [2.05, 4.69) is 36.2 Å². The summed E-state index contributed by atoms with van der Waals surface area (Å²) in [6, 6.07) is 16.2. The number of hydrogen-bond donors (Lipinski definition) is 1. The van der Waals surface area contributed by atoms with Gasteiger partial charge in [0.25, 0.3) is 0 Å². The highest BCUT2D eigenvalue weighted by molar-refractivity contribution is 6.02. The van der Waals surface area contributed by atoms with Gasteiger partial charge in [0.05, 0.1) is 6.54 Å². The zero-order valence-corrected chi connectivity index (χ0v) is 15.6. The highest BCUT2D eigenvalue weighted by Gasteiger charge is 2.29. The van der Waals surface area contributed by atoms with Gasteiger partial charge in [-0.2, -0.15) is 0 Å². The van der Waals surface area contributed by atoms with Crippen molar-refractivity contribution in [3.05, 3.63) is 77.4 Å². The molecule has 0 radical (unpaired) electrons. The molecule has 0 saturated heterocycles. The lowest BCUT2D eigenvalue weighted by Gasteiger charge is -2.18. The molecule has 1 aliphatic heterocycles. The Labute approximate surface area is 164 Å². The third-order valence-corrected chi connectivity index (χ3v) is 4.87. The van der Waals surface area contributed by atoms with Crippen LogP contribution in [0.4, 0.5) is 14.5 Å². The number of hydrogen-bond acceptors (Lipinski definition) is 1. The number of nitrogens with zero attached hydrogens (tertiary/aromatic N) is 2. The summed E-state index contributed by atoms with van der Waals surface area (Å²) >= 11 is 0. The van der Waals surface area contributed by atoms with Gasteiger partial charge in [0.1, 0.15) is 0 Å². The maximum Gasteiger partial charge on any atom is 0.196 e. The van der Waals surface area contributed by atoms with Gasteiger partial charge >= 0.3 is 0 Å². The van der Waals surface area contributed by atoms with Crippen molar-refractivity contribution in [2.24, 2.45) is 10.7 Å². The second-order valence-electron chi connectivity index (χ2n) is 6.65. The Balaban J connectivity index is 0.00000140. The first-order chi connectivity index (χ1) is 12.5. The fourth-order valence-corrected chi connectivity index (χ4v) is 3.61. The summed E-state index contributed by atoms with van der Waals surface area (Å²) in [5, 5.41) is 2.44. The van der Waals surface area contributed by atoms with E-state index in [1.165, 1.54) is 22.4 Å². The number of benzene rings is 3. The van der Waals surface area contributed by atoms with Crippen molar-refractivity contribution in [1.29, 1.82) is 0 Å². The minimum Gasteiger partial charge on any atom is -0.370 e. The fraction of sp³-hybridized carbons (Fsp3) is 0.190. The molecule has 0 saturated carbocycles. The number of guanidine groups is 1. The van der Waals surface area contributed by atoms with Crippen molar-refractivity contribution in [2.75, 3.05) is 11.4 Å². The molecule has 1 aliphatic rings. The van der Waals surface area contributed by atoms with Crippen molar-refractivity contribution >= 4 is 34.8 Å². The maximum atomic E-state index is 13.3. The molecule has 3 nitrogen and oxygen atoms in total. The molecule has 0 amide bonds. The van der Waals surface area contributed by atoms with E-state index in [0.717, 1.165) is 24.4 Å². The lowest BCUT2D eigenvalue weighted by Crippen LogP contribution is -2.36. The van der Waals surface area contributed by atoms with E-state index in [-0.39, 0.29) is 20.4 Å². The average molecular weight is 390 g/mol. The summed E-state index contributed by atoms with van der Waals surface area (Å²) in [5.74, 6) is -1.02. The first-order valence-electron chi connectivity index (χ1n) is 8.57. The summed E-state index contributed by atoms with van der Waals surface area (Å²) in [6.45, 7) is 3.13. The third kappa shape index (κ3) is 3.47. The highest BCUT2D eigenvalue weighted by atomic mass is 35.5. The average Bonchev–Trinajstić information content (AvgIpc) is 3.00. The van der Waals surface area contributed by atoms with Gasteiger partial charge < -0.3 is 10.6 Å². The first kappa shape index (κ1) is 19.1. The summed E-state index contributed by atoms with van der Waals surface area (Å²) in [5.41, 5.74) is 9.14. The van der Waals surface area contributed by atoms with Gasteiger partial charge in [0.2, 0.25) is 0 Å². The van der Waals surface area contributed by atoms with Gasteiger partial charge in [-0.15, -0.1) is 12.4 Å². The van der Waals surface area contributed by atoms with E-state index in [4.69, 9.17) is 5.73 Å². The lowest BCUT2D eigenvalue weighted by atomic mass is 9.96. The number of fused-ring (bicyclic) bond motifs is 3. The molecule has 0 spiro atoms. The Bertz CT molecular complexity index is 1030. The molecule has 27 heavy (non-hydrogen) atoms. The summed E-state index contributed by atoms with van der Waals surface area (Å²) in [4.78, 5) is 6.38. The van der Waals surface area contributed by atoms with Crippen LogP contribution in [0.2, 0.25) is 0 Å². The predicted octanol–water partition coefficient (Wildman–Crippen LogP) is 5.22. The minimum absolute atomic E-state index is 0. The number of anilines is 1. The molecule has 0 fully saturated rings. The molecule has 4 rings (SSSR count). The SMILES string of the molecule is CC1CN(C(N)=NCc2ccc(F)c(F)c2)c2ccc3ccccc3c21.Cl.[HH]. The molecule has 0 bridgehead atoms. The highest BCUT2D eigenvalue weighted by Crippen LogP contribution is 2.40. The van der Waals surface area contributed by atoms with Crippen molar-refractivity contribution in [3.63, 3.8) is 0 Å². The molecule has 3 aromatic rings. The zero-order chi connectivity index (χ0) is 18.3. The van der Waals surface area contributed by atoms with E-state index in [1.807, 2.05) is 17.0 Å². The van der Waals surface area contributed by atoms with E-state index in [0.29, 0.717) is 17.4 Å². The summed E-state index contributed by atoms with van der Waals surface area (Å²) < 4.78 is 26.4. The van der Waals surface area contributed by atoms with Crippen LogP contribution in [0, 0.1) is 11.6 Å².